The molecule has 0 amide bonds. The number of hydrogen-bond donors (Lipinski definition) is 1. The van der Waals surface area contributed by atoms with Gasteiger partial charge in [-0.3, -0.25) is 0 Å². The zero-order chi connectivity index (χ0) is 11.6. The van der Waals surface area contributed by atoms with Crippen LogP contribution in [0.15, 0.2) is 17.5 Å². The summed E-state index contributed by atoms with van der Waals surface area (Å²) < 4.78 is 23.6. The van der Waals surface area contributed by atoms with Crippen molar-refractivity contribution in [2.75, 3.05) is 18.1 Å². The molecule has 1 atom stereocenters. The smallest absolute Gasteiger partial charge is 0.151 e. The van der Waals surface area contributed by atoms with E-state index in [1.54, 1.807) is 11.3 Å². The Kier molecular flexibility index (Phi) is 3.37. The average molecular weight is 259 g/mol. The SMILES string of the molecule is NCCC1(c2cccs2)CCCS(=O)(=O)C1. The lowest BCUT2D eigenvalue weighted by molar-refractivity contribution is 0.393. The Morgan fingerprint density at radius 1 is 1.50 bits per heavy atom. The van der Waals surface area contributed by atoms with Crippen molar-refractivity contribution in [1.29, 1.82) is 0 Å². The van der Waals surface area contributed by atoms with Crippen LogP contribution in [0.2, 0.25) is 0 Å². The van der Waals surface area contributed by atoms with Gasteiger partial charge in [0.15, 0.2) is 9.84 Å². The molecule has 1 saturated heterocycles. The molecule has 1 aliphatic heterocycles. The van der Waals surface area contributed by atoms with Gasteiger partial charge in [-0.15, -0.1) is 11.3 Å². The largest absolute Gasteiger partial charge is 0.330 e. The standard InChI is InChI=1S/C11H17NO2S2/c12-6-5-11(10-3-1-7-15-10)4-2-8-16(13,14)9-11/h1,3,7H,2,4-6,8-9,12H2. The molecular formula is C11H17NO2S2. The quantitative estimate of drug-likeness (QED) is 0.896. The van der Waals surface area contributed by atoms with E-state index in [0.717, 1.165) is 19.3 Å². The van der Waals surface area contributed by atoms with Gasteiger partial charge in [-0.05, 0) is 37.3 Å². The van der Waals surface area contributed by atoms with Gasteiger partial charge in [-0.25, -0.2) is 8.42 Å². The highest BCUT2D eigenvalue weighted by molar-refractivity contribution is 7.91. The Morgan fingerprint density at radius 2 is 2.31 bits per heavy atom. The molecule has 1 aromatic heterocycles. The van der Waals surface area contributed by atoms with Crippen molar-refractivity contribution in [3.05, 3.63) is 22.4 Å². The summed E-state index contributed by atoms with van der Waals surface area (Å²) >= 11 is 1.65. The maximum Gasteiger partial charge on any atom is 0.151 e. The second-order valence-electron chi connectivity index (χ2n) is 4.49. The Morgan fingerprint density at radius 3 is 2.88 bits per heavy atom. The maximum absolute atomic E-state index is 11.8. The van der Waals surface area contributed by atoms with Crippen molar-refractivity contribution in [3.63, 3.8) is 0 Å². The summed E-state index contributed by atoms with van der Waals surface area (Å²) in [7, 11) is -2.89. The fraction of sp³-hybridized carbons (Fsp3) is 0.636. The fourth-order valence-corrected chi connectivity index (χ4v) is 5.66. The number of nitrogens with two attached hydrogens (primary N) is 1. The zero-order valence-electron chi connectivity index (χ0n) is 9.19. The van der Waals surface area contributed by atoms with Gasteiger partial charge in [0.1, 0.15) is 0 Å². The summed E-state index contributed by atoms with van der Waals surface area (Å²) in [6, 6.07) is 4.03. The number of thiophene rings is 1. The molecular weight excluding hydrogens is 242 g/mol. The third kappa shape index (κ3) is 2.31. The van der Waals surface area contributed by atoms with Crippen molar-refractivity contribution in [1.82, 2.24) is 0 Å². The molecule has 0 aromatic carbocycles. The summed E-state index contributed by atoms with van der Waals surface area (Å²) in [5, 5.41) is 2.01. The fourth-order valence-electron chi connectivity index (χ4n) is 2.57. The maximum atomic E-state index is 11.8. The molecule has 2 N–H and O–H groups in total. The van der Waals surface area contributed by atoms with Crippen molar-refractivity contribution in [2.45, 2.75) is 24.7 Å². The van der Waals surface area contributed by atoms with Gasteiger partial charge in [0.25, 0.3) is 0 Å². The minimum absolute atomic E-state index is 0.208. The van der Waals surface area contributed by atoms with E-state index in [9.17, 15) is 8.42 Å². The van der Waals surface area contributed by atoms with Crippen LogP contribution < -0.4 is 5.73 Å². The number of rotatable bonds is 3. The van der Waals surface area contributed by atoms with Gasteiger partial charge in [0, 0.05) is 10.3 Å². The summed E-state index contributed by atoms with van der Waals surface area (Å²) in [5.74, 6) is 0.614. The Labute approximate surface area is 101 Å². The monoisotopic (exact) mass is 259 g/mol. The first-order chi connectivity index (χ1) is 7.58. The van der Waals surface area contributed by atoms with Crippen LogP contribution in [0.1, 0.15) is 24.1 Å². The van der Waals surface area contributed by atoms with E-state index >= 15 is 0 Å². The van der Waals surface area contributed by atoms with Crippen LogP contribution in [0, 0.1) is 0 Å². The predicted molar refractivity (Wildman–Crippen MR) is 67.6 cm³/mol. The minimum Gasteiger partial charge on any atom is -0.330 e. The third-order valence-electron chi connectivity index (χ3n) is 3.27. The first-order valence-electron chi connectivity index (χ1n) is 5.52. The third-order valence-corrected chi connectivity index (χ3v) is 6.29. The van der Waals surface area contributed by atoms with Crippen LogP contribution >= 0.6 is 11.3 Å². The van der Waals surface area contributed by atoms with Gasteiger partial charge >= 0.3 is 0 Å². The molecule has 1 aromatic rings. The van der Waals surface area contributed by atoms with Gasteiger partial charge in [-0.1, -0.05) is 6.07 Å². The van der Waals surface area contributed by atoms with Crippen LogP contribution in [-0.4, -0.2) is 26.5 Å². The van der Waals surface area contributed by atoms with Crippen molar-refractivity contribution >= 4 is 21.2 Å². The Hall–Kier alpha value is -0.390. The van der Waals surface area contributed by atoms with Gasteiger partial charge in [-0.2, -0.15) is 0 Å². The number of hydrogen-bond acceptors (Lipinski definition) is 4. The summed E-state index contributed by atoms with van der Waals surface area (Å²) in [4.78, 5) is 1.18. The average Bonchev–Trinajstić information content (AvgIpc) is 2.69. The van der Waals surface area contributed by atoms with Gasteiger partial charge in [0.05, 0.1) is 11.5 Å². The van der Waals surface area contributed by atoms with E-state index in [-0.39, 0.29) is 11.2 Å². The lowest BCUT2D eigenvalue weighted by atomic mass is 9.80. The van der Waals surface area contributed by atoms with Crippen molar-refractivity contribution < 1.29 is 8.42 Å². The molecule has 0 saturated carbocycles. The molecule has 0 radical (unpaired) electrons. The second kappa shape index (κ2) is 4.47. The molecule has 16 heavy (non-hydrogen) atoms. The van der Waals surface area contributed by atoms with Gasteiger partial charge < -0.3 is 5.73 Å². The molecule has 5 heteroatoms. The normalized spacial score (nSPS) is 29.1. The molecule has 0 spiro atoms. The molecule has 90 valence electrons. The van der Waals surface area contributed by atoms with E-state index in [1.165, 1.54) is 4.88 Å². The number of sulfone groups is 1. The van der Waals surface area contributed by atoms with Crippen LogP contribution in [0.3, 0.4) is 0 Å². The Balaban J connectivity index is 2.36. The van der Waals surface area contributed by atoms with Crippen LogP contribution in [0.25, 0.3) is 0 Å². The van der Waals surface area contributed by atoms with Crippen LogP contribution in [-0.2, 0) is 15.3 Å². The topological polar surface area (TPSA) is 60.2 Å². The highest BCUT2D eigenvalue weighted by Crippen LogP contribution is 2.40. The van der Waals surface area contributed by atoms with Crippen LogP contribution in [0.5, 0.6) is 0 Å². The Bertz CT molecular complexity index is 435. The van der Waals surface area contributed by atoms with Crippen molar-refractivity contribution in [3.8, 4) is 0 Å². The minimum atomic E-state index is -2.89. The van der Waals surface area contributed by atoms with Gasteiger partial charge in [0.2, 0.25) is 0 Å². The molecule has 1 unspecified atom stereocenters. The predicted octanol–water partition coefficient (Wildman–Crippen LogP) is 1.54. The lowest BCUT2D eigenvalue weighted by Gasteiger charge is -2.36. The van der Waals surface area contributed by atoms with E-state index in [4.69, 9.17) is 5.73 Å². The summed E-state index contributed by atoms with van der Waals surface area (Å²) in [6.45, 7) is 0.549. The molecule has 3 nitrogen and oxygen atoms in total. The highest BCUT2D eigenvalue weighted by Gasteiger charge is 2.40. The molecule has 2 rings (SSSR count). The van der Waals surface area contributed by atoms with Crippen molar-refractivity contribution in [2.24, 2.45) is 5.73 Å². The molecule has 0 bridgehead atoms. The van der Waals surface area contributed by atoms with E-state index < -0.39 is 9.84 Å². The molecule has 0 aliphatic carbocycles. The second-order valence-corrected chi connectivity index (χ2v) is 7.62. The first-order valence-corrected chi connectivity index (χ1v) is 8.23. The molecule has 1 fully saturated rings. The lowest BCUT2D eigenvalue weighted by Crippen LogP contribution is -2.41. The summed E-state index contributed by atoms with van der Waals surface area (Å²) in [6.07, 6.45) is 2.48. The first kappa shape index (κ1) is 12.1. The molecule has 2 heterocycles. The molecule has 1 aliphatic rings. The van der Waals surface area contributed by atoms with Crippen LogP contribution in [0.4, 0.5) is 0 Å². The zero-order valence-corrected chi connectivity index (χ0v) is 10.8. The highest BCUT2D eigenvalue weighted by atomic mass is 32.2. The summed E-state index contributed by atoms with van der Waals surface area (Å²) in [5.41, 5.74) is 5.44. The van der Waals surface area contributed by atoms with E-state index in [0.29, 0.717) is 12.3 Å². The van der Waals surface area contributed by atoms with E-state index in [1.807, 2.05) is 17.5 Å². The van der Waals surface area contributed by atoms with E-state index in [2.05, 4.69) is 0 Å².